The number of rotatable bonds is 14. The lowest BCUT2D eigenvalue weighted by molar-refractivity contribution is -0.142. The molecule has 12 heteroatoms. The molecule has 3 N–H and O–H groups in total. The minimum Gasteiger partial charge on any atom is -0.497 e. The van der Waals surface area contributed by atoms with E-state index < -0.39 is 17.1 Å². The van der Waals surface area contributed by atoms with E-state index in [4.69, 9.17) is 9.47 Å². The molecule has 0 aliphatic rings. The fourth-order valence-corrected chi connectivity index (χ4v) is 6.38. The number of ether oxygens (including phenoxy) is 2. The molecule has 4 aromatic carbocycles. The zero-order chi connectivity index (χ0) is 35.3. The van der Waals surface area contributed by atoms with Gasteiger partial charge in [0.15, 0.2) is 5.13 Å². The molecule has 3 amide bonds. The normalized spacial score (nSPS) is 11.6. The van der Waals surface area contributed by atoms with E-state index in [9.17, 15) is 19.2 Å². The molecular weight excluding hydrogens is 673 g/mol. The molecule has 0 aliphatic heterocycles. The van der Waals surface area contributed by atoms with E-state index >= 15 is 0 Å². The molecule has 1 unspecified atom stereocenters. The maximum atomic E-state index is 13.6. The lowest BCUT2D eigenvalue weighted by Crippen LogP contribution is -2.30. The number of thiazole rings is 1. The summed E-state index contributed by atoms with van der Waals surface area (Å²) in [6.07, 6.45) is 1.61. The molecule has 1 atom stereocenters. The van der Waals surface area contributed by atoms with Crippen LogP contribution in [0.25, 0.3) is 6.08 Å². The van der Waals surface area contributed by atoms with Crippen molar-refractivity contribution in [3.05, 3.63) is 143 Å². The first-order valence-corrected chi connectivity index (χ1v) is 17.3. The monoisotopic (exact) mass is 706 g/mol. The fourth-order valence-electron chi connectivity index (χ4n) is 4.64. The summed E-state index contributed by atoms with van der Waals surface area (Å²) in [5.41, 5.74) is 2.95. The summed E-state index contributed by atoms with van der Waals surface area (Å²) in [5.74, 6) is -0.939. The summed E-state index contributed by atoms with van der Waals surface area (Å²) in [6, 6.07) is 32.1. The molecule has 10 nitrogen and oxygen atoms in total. The molecule has 5 rings (SSSR count). The van der Waals surface area contributed by atoms with Crippen molar-refractivity contribution in [1.82, 2.24) is 10.3 Å². The molecule has 50 heavy (non-hydrogen) atoms. The maximum absolute atomic E-state index is 13.6. The van der Waals surface area contributed by atoms with Crippen molar-refractivity contribution >= 4 is 63.7 Å². The Morgan fingerprint density at radius 2 is 1.54 bits per heavy atom. The number of amides is 3. The Hall–Kier alpha value is -5.72. The van der Waals surface area contributed by atoms with Gasteiger partial charge in [-0.1, -0.05) is 60.7 Å². The molecule has 0 aliphatic carbocycles. The SMILES string of the molecule is CCOC(=O)Cc1csc(NC(=O)C(Sc2ccc(NC(=O)/C(=C/c3ccc(OC)cc3)NC(=O)c3ccccc3)cc2)c2ccccc2)n1. The summed E-state index contributed by atoms with van der Waals surface area (Å²) in [5, 5.41) is 9.95. The van der Waals surface area contributed by atoms with Crippen molar-refractivity contribution in [1.29, 1.82) is 0 Å². The Labute approximate surface area is 297 Å². The van der Waals surface area contributed by atoms with Crippen molar-refractivity contribution in [3.63, 3.8) is 0 Å². The number of nitrogens with zero attached hydrogens (tertiary/aromatic N) is 1. The Morgan fingerprint density at radius 1 is 0.860 bits per heavy atom. The van der Waals surface area contributed by atoms with Crippen LogP contribution in [0.1, 0.15) is 39.4 Å². The number of esters is 1. The largest absolute Gasteiger partial charge is 0.497 e. The van der Waals surface area contributed by atoms with Gasteiger partial charge in [0, 0.05) is 21.5 Å². The van der Waals surface area contributed by atoms with Crippen LogP contribution in [-0.4, -0.2) is 42.4 Å². The quantitative estimate of drug-likeness (QED) is 0.0630. The van der Waals surface area contributed by atoms with Crippen molar-refractivity contribution < 1.29 is 28.7 Å². The number of carbonyl (C=O) groups is 4. The molecule has 254 valence electrons. The number of nitrogens with one attached hydrogen (secondary N) is 3. The number of thioether (sulfide) groups is 1. The van der Waals surface area contributed by atoms with Gasteiger partial charge in [-0.25, -0.2) is 4.98 Å². The lowest BCUT2D eigenvalue weighted by atomic mass is 10.1. The third-order valence-corrected chi connectivity index (χ3v) is 9.15. The highest BCUT2D eigenvalue weighted by molar-refractivity contribution is 8.00. The van der Waals surface area contributed by atoms with Crippen LogP contribution >= 0.6 is 23.1 Å². The van der Waals surface area contributed by atoms with Gasteiger partial charge < -0.3 is 25.4 Å². The summed E-state index contributed by atoms with van der Waals surface area (Å²) in [6.45, 7) is 2.02. The number of methoxy groups -OCH3 is 1. The predicted molar refractivity (Wildman–Crippen MR) is 196 cm³/mol. The Morgan fingerprint density at radius 3 is 2.20 bits per heavy atom. The molecule has 1 aromatic heterocycles. The minimum atomic E-state index is -0.624. The van der Waals surface area contributed by atoms with Crippen molar-refractivity contribution in [2.75, 3.05) is 24.4 Å². The highest BCUT2D eigenvalue weighted by Crippen LogP contribution is 2.37. The van der Waals surface area contributed by atoms with Crippen molar-refractivity contribution in [3.8, 4) is 5.75 Å². The van der Waals surface area contributed by atoms with Gasteiger partial charge in [0.25, 0.3) is 11.8 Å². The third kappa shape index (κ3) is 10.1. The molecule has 0 saturated heterocycles. The number of carbonyl (C=O) groups excluding carboxylic acids is 4. The van der Waals surface area contributed by atoms with E-state index in [2.05, 4.69) is 20.9 Å². The van der Waals surface area contributed by atoms with Gasteiger partial charge in [-0.2, -0.15) is 0 Å². The second kappa shape index (κ2) is 17.6. The van der Waals surface area contributed by atoms with Crippen LogP contribution in [-0.2, 0) is 25.5 Å². The molecule has 0 spiro atoms. The van der Waals surface area contributed by atoms with Gasteiger partial charge in [-0.3, -0.25) is 19.2 Å². The number of anilines is 2. The molecule has 0 radical (unpaired) electrons. The summed E-state index contributed by atoms with van der Waals surface area (Å²) < 4.78 is 10.2. The van der Waals surface area contributed by atoms with Crippen LogP contribution in [0.5, 0.6) is 5.75 Å². The summed E-state index contributed by atoms with van der Waals surface area (Å²) in [7, 11) is 1.57. The van der Waals surface area contributed by atoms with Gasteiger partial charge >= 0.3 is 5.97 Å². The topological polar surface area (TPSA) is 136 Å². The summed E-state index contributed by atoms with van der Waals surface area (Å²) >= 11 is 2.57. The standard InChI is InChI=1S/C38H34N4O6S2/c1-3-48-33(43)23-29-24-49-38(40-29)42-37(46)34(26-10-6-4-7-11-26)50-31-20-16-28(17-21-31)39-36(45)32(22-25-14-18-30(47-2)19-15-25)41-35(44)27-12-8-5-9-13-27/h4-22,24,34H,3,23H2,1-2H3,(H,39,45)(H,41,44)(H,40,42,46)/b32-22-. The van der Waals surface area contributed by atoms with Gasteiger partial charge in [0.2, 0.25) is 5.91 Å². The maximum Gasteiger partial charge on any atom is 0.311 e. The summed E-state index contributed by atoms with van der Waals surface area (Å²) in [4.78, 5) is 57.1. The van der Waals surface area contributed by atoms with Crippen LogP contribution < -0.4 is 20.7 Å². The first-order valence-electron chi connectivity index (χ1n) is 15.6. The molecule has 1 heterocycles. The Bertz CT molecular complexity index is 1950. The van der Waals surface area contributed by atoms with Crippen molar-refractivity contribution in [2.45, 2.75) is 23.5 Å². The molecule has 0 bridgehead atoms. The highest BCUT2D eigenvalue weighted by atomic mass is 32.2. The number of hydrogen-bond acceptors (Lipinski definition) is 9. The highest BCUT2D eigenvalue weighted by Gasteiger charge is 2.24. The number of hydrogen-bond donors (Lipinski definition) is 3. The predicted octanol–water partition coefficient (Wildman–Crippen LogP) is 7.14. The number of aromatic nitrogens is 1. The molecule has 0 saturated carbocycles. The first kappa shape index (κ1) is 35.6. The van der Waals surface area contributed by atoms with E-state index in [1.807, 2.05) is 30.3 Å². The zero-order valence-corrected chi connectivity index (χ0v) is 28.9. The van der Waals surface area contributed by atoms with Crippen LogP contribution in [0.2, 0.25) is 0 Å². The van der Waals surface area contributed by atoms with Crippen molar-refractivity contribution in [2.24, 2.45) is 0 Å². The van der Waals surface area contributed by atoms with Gasteiger partial charge in [0.1, 0.15) is 16.7 Å². The van der Waals surface area contributed by atoms with Crippen LogP contribution in [0, 0.1) is 0 Å². The molecule has 5 aromatic rings. The van der Waals surface area contributed by atoms with E-state index in [-0.39, 0.29) is 30.6 Å². The Balaban J connectivity index is 1.29. The smallest absolute Gasteiger partial charge is 0.311 e. The van der Waals surface area contributed by atoms with Crippen LogP contribution in [0.4, 0.5) is 10.8 Å². The first-order chi connectivity index (χ1) is 24.3. The van der Waals surface area contributed by atoms with Crippen LogP contribution in [0.15, 0.2) is 125 Å². The molecule has 0 fully saturated rings. The third-order valence-electron chi connectivity index (χ3n) is 7.07. The Kier molecular flexibility index (Phi) is 12.5. The van der Waals surface area contributed by atoms with E-state index in [1.165, 1.54) is 23.1 Å². The second-order valence-corrected chi connectivity index (χ2v) is 12.7. The number of benzene rings is 4. The second-order valence-electron chi connectivity index (χ2n) is 10.7. The van der Waals surface area contributed by atoms with Gasteiger partial charge in [0.05, 0.1) is 25.8 Å². The fraction of sp³-hybridized carbons (Fsp3) is 0.132. The van der Waals surface area contributed by atoms with E-state index in [1.54, 1.807) is 104 Å². The van der Waals surface area contributed by atoms with Crippen LogP contribution in [0.3, 0.4) is 0 Å². The molecular formula is C38H34N4O6S2. The van der Waals surface area contributed by atoms with E-state index in [0.717, 1.165) is 10.5 Å². The lowest BCUT2D eigenvalue weighted by Gasteiger charge is -2.17. The average Bonchev–Trinajstić information content (AvgIpc) is 3.57. The zero-order valence-electron chi connectivity index (χ0n) is 27.3. The van der Waals surface area contributed by atoms with Gasteiger partial charge in [-0.15, -0.1) is 23.1 Å². The van der Waals surface area contributed by atoms with E-state index in [0.29, 0.717) is 33.4 Å². The minimum absolute atomic E-state index is 0.0259. The van der Waals surface area contributed by atoms with Gasteiger partial charge in [-0.05, 0) is 72.7 Å². The average molecular weight is 707 g/mol.